The number of carbonyl (C=O) groups excluding carboxylic acids is 1. The number of carbonyl (C=O) groups is 1. The third-order valence-electron chi connectivity index (χ3n) is 2.30. The van der Waals surface area contributed by atoms with Crippen molar-refractivity contribution in [2.45, 2.75) is 6.92 Å². The average Bonchev–Trinajstić information content (AvgIpc) is 2.44. The van der Waals surface area contributed by atoms with Crippen LogP contribution in [-0.4, -0.2) is 26.8 Å². The predicted molar refractivity (Wildman–Crippen MR) is 69.8 cm³/mol. The zero-order valence-electron chi connectivity index (χ0n) is 11.1. The van der Waals surface area contributed by atoms with E-state index in [-0.39, 0.29) is 12.2 Å². The van der Waals surface area contributed by atoms with Crippen molar-refractivity contribution in [3.63, 3.8) is 0 Å². The maximum absolute atomic E-state index is 11.5. The van der Waals surface area contributed by atoms with E-state index in [1.54, 1.807) is 25.1 Å². The molecule has 5 heteroatoms. The lowest BCUT2D eigenvalue weighted by atomic mass is 10.1. The van der Waals surface area contributed by atoms with Crippen LogP contribution in [0.1, 0.15) is 12.5 Å². The van der Waals surface area contributed by atoms with Gasteiger partial charge >= 0.3 is 5.97 Å². The van der Waals surface area contributed by atoms with Crippen LogP contribution >= 0.6 is 0 Å². The standard InChI is InChI=1S/C14H15NO4/c1-4-19-14(16)11(9-15)5-10-6-12(17-2)8-13(7-10)18-3/h5-8H,4H2,1-3H3. The molecular weight excluding hydrogens is 246 g/mol. The van der Waals surface area contributed by atoms with E-state index in [2.05, 4.69) is 0 Å². The van der Waals surface area contributed by atoms with Gasteiger partial charge in [0, 0.05) is 6.07 Å². The van der Waals surface area contributed by atoms with Crippen molar-refractivity contribution in [3.05, 3.63) is 29.3 Å². The van der Waals surface area contributed by atoms with Gasteiger partial charge in [0.2, 0.25) is 0 Å². The number of nitriles is 1. The molecule has 5 nitrogen and oxygen atoms in total. The number of hydrogen-bond acceptors (Lipinski definition) is 5. The minimum absolute atomic E-state index is 0.0721. The molecule has 1 aromatic rings. The fourth-order valence-corrected chi connectivity index (χ4v) is 1.43. The van der Waals surface area contributed by atoms with E-state index in [1.807, 2.05) is 6.07 Å². The van der Waals surface area contributed by atoms with E-state index in [0.717, 1.165) is 0 Å². The van der Waals surface area contributed by atoms with Gasteiger partial charge in [0.1, 0.15) is 23.1 Å². The highest BCUT2D eigenvalue weighted by molar-refractivity contribution is 5.97. The summed E-state index contributed by atoms with van der Waals surface area (Å²) in [5.74, 6) is 0.505. The first-order valence-corrected chi connectivity index (χ1v) is 5.66. The zero-order valence-corrected chi connectivity index (χ0v) is 11.1. The van der Waals surface area contributed by atoms with Crippen molar-refractivity contribution >= 4 is 12.0 Å². The molecule has 0 atom stereocenters. The Morgan fingerprint density at radius 3 is 2.26 bits per heavy atom. The summed E-state index contributed by atoms with van der Waals surface area (Å²) in [6, 6.07) is 6.90. The largest absolute Gasteiger partial charge is 0.497 e. The molecule has 0 amide bonds. The van der Waals surface area contributed by atoms with Gasteiger partial charge < -0.3 is 14.2 Å². The monoisotopic (exact) mass is 261 g/mol. The molecule has 0 heterocycles. The molecule has 0 radical (unpaired) electrons. The fraction of sp³-hybridized carbons (Fsp3) is 0.286. The summed E-state index contributed by atoms with van der Waals surface area (Å²) >= 11 is 0. The molecule has 1 aromatic carbocycles. The Kier molecular flexibility index (Phi) is 5.42. The van der Waals surface area contributed by atoms with E-state index >= 15 is 0 Å². The van der Waals surface area contributed by atoms with Gasteiger partial charge in [-0.2, -0.15) is 5.26 Å². The first-order chi connectivity index (χ1) is 9.14. The third-order valence-corrected chi connectivity index (χ3v) is 2.30. The number of benzene rings is 1. The van der Waals surface area contributed by atoms with Crippen molar-refractivity contribution in [2.75, 3.05) is 20.8 Å². The molecule has 0 aliphatic rings. The zero-order chi connectivity index (χ0) is 14.3. The summed E-state index contributed by atoms with van der Waals surface area (Å²) in [5, 5.41) is 8.96. The number of methoxy groups -OCH3 is 2. The van der Waals surface area contributed by atoms with Crippen LogP contribution in [-0.2, 0) is 9.53 Å². The molecule has 1 rings (SSSR count). The van der Waals surface area contributed by atoms with E-state index in [0.29, 0.717) is 17.1 Å². The molecule has 0 saturated carbocycles. The minimum atomic E-state index is -0.646. The second-order valence-electron chi connectivity index (χ2n) is 3.54. The van der Waals surface area contributed by atoms with E-state index in [1.165, 1.54) is 20.3 Å². The van der Waals surface area contributed by atoms with Crippen LogP contribution in [0.2, 0.25) is 0 Å². The third kappa shape index (κ3) is 4.03. The molecule has 19 heavy (non-hydrogen) atoms. The van der Waals surface area contributed by atoms with Gasteiger partial charge in [-0.3, -0.25) is 0 Å². The number of rotatable bonds is 5. The summed E-state index contributed by atoms with van der Waals surface area (Å²) < 4.78 is 15.0. The minimum Gasteiger partial charge on any atom is -0.497 e. The van der Waals surface area contributed by atoms with Crippen LogP contribution in [0.5, 0.6) is 11.5 Å². The summed E-state index contributed by atoms with van der Waals surface area (Å²) in [5.41, 5.74) is 0.554. The van der Waals surface area contributed by atoms with Gasteiger partial charge in [0.05, 0.1) is 20.8 Å². The maximum Gasteiger partial charge on any atom is 0.348 e. The molecule has 0 saturated heterocycles. The Hall–Kier alpha value is -2.48. The molecule has 0 aromatic heterocycles. The first-order valence-electron chi connectivity index (χ1n) is 5.66. The molecule has 0 aliphatic heterocycles. The molecule has 0 N–H and O–H groups in total. The topological polar surface area (TPSA) is 68.6 Å². The molecule has 0 fully saturated rings. The summed E-state index contributed by atoms with van der Waals surface area (Å²) in [6.45, 7) is 1.90. The SMILES string of the molecule is CCOC(=O)C(C#N)=Cc1cc(OC)cc(OC)c1. The summed E-state index contributed by atoms with van der Waals surface area (Å²) in [7, 11) is 3.05. The first kappa shape index (κ1) is 14.6. The van der Waals surface area contributed by atoms with Crippen molar-refractivity contribution in [2.24, 2.45) is 0 Å². The lowest BCUT2D eigenvalue weighted by Crippen LogP contribution is -2.06. The Morgan fingerprint density at radius 1 is 1.26 bits per heavy atom. The highest BCUT2D eigenvalue weighted by Crippen LogP contribution is 2.24. The lowest BCUT2D eigenvalue weighted by molar-refractivity contribution is -0.137. The molecular formula is C14H15NO4. The highest BCUT2D eigenvalue weighted by Gasteiger charge is 2.10. The van der Waals surface area contributed by atoms with E-state index in [4.69, 9.17) is 19.5 Å². The highest BCUT2D eigenvalue weighted by atomic mass is 16.5. The van der Waals surface area contributed by atoms with Crippen molar-refractivity contribution in [1.82, 2.24) is 0 Å². The van der Waals surface area contributed by atoms with Gasteiger partial charge in [-0.15, -0.1) is 0 Å². The summed E-state index contributed by atoms with van der Waals surface area (Å²) in [6.07, 6.45) is 1.43. The number of hydrogen-bond donors (Lipinski definition) is 0. The second kappa shape index (κ2) is 7.07. The van der Waals surface area contributed by atoms with Crippen molar-refractivity contribution in [3.8, 4) is 17.6 Å². The van der Waals surface area contributed by atoms with Gasteiger partial charge in [-0.25, -0.2) is 4.79 Å². The lowest BCUT2D eigenvalue weighted by Gasteiger charge is -2.06. The molecule has 0 aliphatic carbocycles. The number of ether oxygens (including phenoxy) is 3. The van der Waals surface area contributed by atoms with Gasteiger partial charge in [-0.1, -0.05) is 0 Å². The molecule has 0 unspecified atom stereocenters. The smallest absolute Gasteiger partial charge is 0.348 e. The second-order valence-corrected chi connectivity index (χ2v) is 3.54. The molecule has 0 spiro atoms. The van der Waals surface area contributed by atoms with Crippen molar-refractivity contribution < 1.29 is 19.0 Å². The number of esters is 1. The van der Waals surface area contributed by atoms with Crippen LogP contribution in [0.4, 0.5) is 0 Å². The van der Waals surface area contributed by atoms with Crippen LogP contribution < -0.4 is 9.47 Å². The average molecular weight is 261 g/mol. The molecule has 100 valence electrons. The Labute approximate surface area is 112 Å². The summed E-state index contributed by atoms with van der Waals surface area (Å²) in [4.78, 5) is 11.5. The van der Waals surface area contributed by atoms with Gasteiger partial charge in [0.25, 0.3) is 0 Å². The Balaban J connectivity index is 3.14. The normalized spacial score (nSPS) is 10.5. The fourth-order valence-electron chi connectivity index (χ4n) is 1.43. The van der Waals surface area contributed by atoms with Gasteiger partial charge in [-0.05, 0) is 30.7 Å². The van der Waals surface area contributed by atoms with E-state index in [9.17, 15) is 4.79 Å². The predicted octanol–water partition coefficient (Wildman–Crippen LogP) is 2.17. The molecule has 0 bridgehead atoms. The Morgan fingerprint density at radius 2 is 1.84 bits per heavy atom. The van der Waals surface area contributed by atoms with Crippen LogP contribution in [0, 0.1) is 11.3 Å². The van der Waals surface area contributed by atoms with E-state index < -0.39 is 5.97 Å². The van der Waals surface area contributed by atoms with Crippen LogP contribution in [0.3, 0.4) is 0 Å². The maximum atomic E-state index is 11.5. The van der Waals surface area contributed by atoms with Crippen LogP contribution in [0.25, 0.3) is 6.08 Å². The Bertz CT molecular complexity index is 506. The van der Waals surface area contributed by atoms with Crippen molar-refractivity contribution in [1.29, 1.82) is 5.26 Å². The van der Waals surface area contributed by atoms with Crippen LogP contribution in [0.15, 0.2) is 23.8 Å². The quantitative estimate of drug-likeness (QED) is 0.461. The van der Waals surface area contributed by atoms with Gasteiger partial charge in [0.15, 0.2) is 0 Å². The number of nitrogens with zero attached hydrogens (tertiary/aromatic N) is 1.